The highest BCUT2D eigenvalue weighted by atomic mass is 16.3. The molecule has 4 rings (SSSR count). The number of hydrogen-bond donors (Lipinski definition) is 1. The fourth-order valence-electron chi connectivity index (χ4n) is 7.11. The van der Waals surface area contributed by atoms with E-state index in [1.807, 2.05) is 0 Å². The number of carbonyl (C=O) groups is 1. The van der Waals surface area contributed by atoms with Gasteiger partial charge in [-0.25, -0.2) is 0 Å². The normalized spacial score (nSPS) is 56.5. The third kappa shape index (κ3) is 1.84. The zero-order chi connectivity index (χ0) is 14.8. The molecule has 0 spiro atoms. The number of Topliss-reactive ketones (excluding diaryl/α,β-unsaturated/α-hetero) is 1. The molecular weight excluding hydrogens is 260 g/mol. The summed E-state index contributed by atoms with van der Waals surface area (Å²) in [7, 11) is 0. The summed E-state index contributed by atoms with van der Waals surface area (Å²) < 4.78 is 0. The van der Waals surface area contributed by atoms with E-state index >= 15 is 0 Å². The highest BCUT2D eigenvalue weighted by molar-refractivity contribution is 5.86. The lowest BCUT2D eigenvalue weighted by atomic mass is 9.45. The van der Waals surface area contributed by atoms with Crippen molar-refractivity contribution in [2.45, 2.75) is 77.7 Å². The third-order valence-corrected chi connectivity index (χ3v) is 8.21. The minimum absolute atomic E-state index is 0.0317. The third-order valence-electron chi connectivity index (χ3n) is 8.21. The molecule has 1 N–H and O–H groups in total. The zero-order valence-corrected chi connectivity index (χ0v) is 13.6. The Hall–Kier alpha value is -0.370. The van der Waals surface area contributed by atoms with Crippen LogP contribution in [-0.2, 0) is 4.79 Å². The van der Waals surface area contributed by atoms with Crippen molar-refractivity contribution in [1.82, 2.24) is 0 Å². The molecular formula is C19H30O2. The van der Waals surface area contributed by atoms with Crippen LogP contribution < -0.4 is 0 Å². The van der Waals surface area contributed by atoms with Crippen molar-refractivity contribution in [3.8, 4) is 0 Å². The maximum Gasteiger partial charge on any atom is 0.139 e. The Kier molecular flexibility index (Phi) is 3.10. The Balaban J connectivity index is 1.68. The maximum absolute atomic E-state index is 12.8. The van der Waals surface area contributed by atoms with Gasteiger partial charge in [0.05, 0.1) is 6.10 Å². The van der Waals surface area contributed by atoms with Gasteiger partial charge < -0.3 is 5.11 Å². The molecule has 0 radical (unpaired) electrons. The number of aliphatic hydroxyl groups excluding tert-OH is 1. The molecule has 4 fully saturated rings. The molecule has 0 saturated heterocycles. The van der Waals surface area contributed by atoms with E-state index < -0.39 is 0 Å². The molecule has 0 aromatic rings. The van der Waals surface area contributed by atoms with Gasteiger partial charge in [0.2, 0.25) is 0 Å². The predicted molar refractivity (Wildman–Crippen MR) is 82.7 cm³/mol. The van der Waals surface area contributed by atoms with Crippen molar-refractivity contribution < 1.29 is 9.90 Å². The molecule has 4 aliphatic rings. The van der Waals surface area contributed by atoms with Crippen LogP contribution in [0.1, 0.15) is 71.6 Å². The quantitative estimate of drug-likeness (QED) is 0.733. The Morgan fingerprint density at radius 3 is 2.71 bits per heavy atom. The summed E-state index contributed by atoms with van der Waals surface area (Å²) in [6, 6.07) is 0. The molecule has 21 heavy (non-hydrogen) atoms. The van der Waals surface area contributed by atoms with Gasteiger partial charge in [0.15, 0.2) is 0 Å². The minimum Gasteiger partial charge on any atom is -0.393 e. The Morgan fingerprint density at radius 2 is 1.90 bits per heavy atom. The number of aliphatic hydroxyl groups is 1. The van der Waals surface area contributed by atoms with Crippen molar-refractivity contribution in [3.05, 3.63) is 0 Å². The van der Waals surface area contributed by atoms with Gasteiger partial charge in [0.1, 0.15) is 5.78 Å². The largest absolute Gasteiger partial charge is 0.393 e. The first kappa shape index (κ1) is 14.2. The lowest BCUT2D eigenvalue weighted by Crippen LogP contribution is -2.55. The Morgan fingerprint density at radius 1 is 1.10 bits per heavy atom. The average molecular weight is 290 g/mol. The van der Waals surface area contributed by atoms with Crippen LogP contribution in [0.3, 0.4) is 0 Å². The van der Waals surface area contributed by atoms with E-state index in [0.29, 0.717) is 34.9 Å². The van der Waals surface area contributed by atoms with E-state index in [9.17, 15) is 9.90 Å². The second-order valence-electron chi connectivity index (χ2n) is 9.04. The number of ketones is 1. The summed E-state index contributed by atoms with van der Waals surface area (Å²) in [5.41, 5.74) is 0.317. The minimum atomic E-state index is -0.0914. The predicted octanol–water partition coefficient (Wildman–Crippen LogP) is 3.96. The number of carbonyl (C=O) groups excluding carboxylic acids is 1. The average Bonchev–Trinajstić information content (AvgIpc) is 2.74. The van der Waals surface area contributed by atoms with Gasteiger partial charge in [-0.3, -0.25) is 4.79 Å². The smallest absolute Gasteiger partial charge is 0.139 e. The van der Waals surface area contributed by atoms with Gasteiger partial charge in [-0.2, -0.15) is 0 Å². The Labute approximate surface area is 128 Å². The van der Waals surface area contributed by atoms with Crippen molar-refractivity contribution in [3.63, 3.8) is 0 Å². The summed E-state index contributed by atoms with van der Waals surface area (Å²) >= 11 is 0. The van der Waals surface area contributed by atoms with Crippen molar-refractivity contribution in [2.75, 3.05) is 0 Å². The number of rotatable bonds is 0. The molecule has 0 aliphatic heterocycles. The standard InChI is InChI=1S/C19H30O2/c1-18-9-8-15-14(16(18)10-13(20)11-18)7-6-12-4-3-5-17(21)19(12,15)2/h12-16,20H,3-11H2,1-2H3/t12?,13?,14-,15-,16+,18-,19+/m1/s1. The van der Waals surface area contributed by atoms with Gasteiger partial charge >= 0.3 is 0 Å². The lowest BCUT2D eigenvalue weighted by molar-refractivity contribution is -0.154. The van der Waals surface area contributed by atoms with Gasteiger partial charge in [0.25, 0.3) is 0 Å². The lowest BCUT2D eigenvalue weighted by Gasteiger charge is -2.58. The molecule has 2 unspecified atom stereocenters. The van der Waals surface area contributed by atoms with Crippen LogP contribution in [0.15, 0.2) is 0 Å². The van der Waals surface area contributed by atoms with Crippen LogP contribution in [-0.4, -0.2) is 17.0 Å². The SMILES string of the molecule is C[C@]12CC[C@@H]3[C@@H](CCC4CCCC(=O)[C@@]43C)[C@@H]1CC(O)C2. The molecule has 4 saturated carbocycles. The summed E-state index contributed by atoms with van der Waals surface area (Å²) in [5, 5.41) is 10.2. The van der Waals surface area contributed by atoms with Crippen LogP contribution in [0, 0.1) is 34.5 Å². The highest BCUT2D eigenvalue weighted by Crippen LogP contribution is 2.65. The molecule has 0 aromatic heterocycles. The summed E-state index contributed by atoms with van der Waals surface area (Å²) in [6.07, 6.45) is 10.1. The fourth-order valence-corrected chi connectivity index (χ4v) is 7.11. The molecule has 0 bridgehead atoms. The monoisotopic (exact) mass is 290 g/mol. The van der Waals surface area contributed by atoms with E-state index in [1.54, 1.807) is 0 Å². The van der Waals surface area contributed by atoms with E-state index in [4.69, 9.17) is 0 Å². The molecule has 0 amide bonds. The number of fused-ring (bicyclic) bond motifs is 5. The zero-order valence-electron chi connectivity index (χ0n) is 13.6. The first-order valence-corrected chi connectivity index (χ1v) is 9.16. The van der Waals surface area contributed by atoms with Crippen molar-refractivity contribution in [2.24, 2.45) is 34.5 Å². The molecule has 2 heteroatoms. The van der Waals surface area contributed by atoms with E-state index in [-0.39, 0.29) is 11.5 Å². The summed E-state index contributed by atoms with van der Waals surface area (Å²) in [6.45, 7) is 4.71. The van der Waals surface area contributed by atoms with Crippen molar-refractivity contribution in [1.29, 1.82) is 0 Å². The second kappa shape index (κ2) is 4.57. The molecule has 7 atom stereocenters. The van der Waals surface area contributed by atoms with E-state index in [2.05, 4.69) is 13.8 Å². The van der Waals surface area contributed by atoms with E-state index in [1.165, 1.54) is 32.1 Å². The van der Waals surface area contributed by atoms with E-state index in [0.717, 1.165) is 25.7 Å². The van der Waals surface area contributed by atoms with Crippen molar-refractivity contribution >= 4 is 5.78 Å². The van der Waals surface area contributed by atoms with Gasteiger partial charge in [0, 0.05) is 11.8 Å². The Bertz CT molecular complexity index is 458. The summed E-state index contributed by atoms with van der Waals surface area (Å²) in [4.78, 5) is 12.8. The van der Waals surface area contributed by atoms with Crippen LogP contribution >= 0.6 is 0 Å². The molecule has 2 nitrogen and oxygen atoms in total. The van der Waals surface area contributed by atoms with Gasteiger partial charge in [-0.15, -0.1) is 0 Å². The molecule has 4 aliphatic carbocycles. The number of hydrogen-bond acceptors (Lipinski definition) is 2. The van der Waals surface area contributed by atoms with Crippen LogP contribution in [0.2, 0.25) is 0 Å². The first-order valence-electron chi connectivity index (χ1n) is 9.16. The molecule has 0 aromatic carbocycles. The maximum atomic E-state index is 12.8. The first-order chi connectivity index (χ1) is 9.95. The highest BCUT2D eigenvalue weighted by Gasteiger charge is 2.60. The van der Waals surface area contributed by atoms with Gasteiger partial charge in [-0.05, 0) is 80.5 Å². The fraction of sp³-hybridized carbons (Fsp3) is 0.947. The van der Waals surface area contributed by atoms with Gasteiger partial charge in [-0.1, -0.05) is 13.8 Å². The topological polar surface area (TPSA) is 37.3 Å². The van der Waals surface area contributed by atoms with Crippen LogP contribution in [0.5, 0.6) is 0 Å². The molecule has 118 valence electrons. The summed E-state index contributed by atoms with van der Waals surface area (Å²) in [5.74, 6) is 3.18. The molecule has 0 heterocycles. The van der Waals surface area contributed by atoms with Crippen LogP contribution in [0.25, 0.3) is 0 Å². The second-order valence-corrected chi connectivity index (χ2v) is 9.04. The van der Waals surface area contributed by atoms with Crippen LogP contribution in [0.4, 0.5) is 0 Å².